The van der Waals surface area contributed by atoms with E-state index in [1.165, 1.54) is 0 Å². The van der Waals surface area contributed by atoms with E-state index in [1.54, 1.807) is 6.07 Å². The fourth-order valence-corrected chi connectivity index (χ4v) is 1.83. The summed E-state index contributed by atoms with van der Waals surface area (Å²) in [5, 5.41) is 8.82. The first-order valence-corrected chi connectivity index (χ1v) is 5.93. The van der Waals surface area contributed by atoms with E-state index in [0.29, 0.717) is 5.56 Å². The van der Waals surface area contributed by atoms with Gasteiger partial charge in [0.2, 0.25) is 0 Å². The Morgan fingerprint density at radius 1 is 1.11 bits per heavy atom. The molecule has 2 heteroatoms. The number of aryl methyl sites for hydroxylation is 1. The van der Waals surface area contributed by atoms with Gasteiger partial charge < -0.3 is 4.74 Å². The van der Waals surface area contributed by atoms with Gasteiger partial charge in [-0.05, 0) is 43.2 Å². The molecule has 0 spiro atoms. The molecule has 90 valence electrons. The van der Waals surface area contributed by atoms with E-state index >= 15 is 0 Å². The zero-order valence-electron chi connectivity index (χ0n) is 10.6. The Labute approximate surface area is 107 Å². The van der Waals surface area contributed by atoms with Gasteiger partial charge in [0.05, 0.1) is 11.6 Å². The summed E-state index contributed by atoms with van der Waals surface area (Å²) in [6.07, 6.45) is -0.00200. The van der Waals surface area contributed by atoms with Crippen LogP contribution in [0.1, 0.15) is 29.7 Å². The molecule has 0 radical (unpaired) electrons. The van der Waals surface area contributed by atoms with Crippen molar-refractivity contribution in [3.63, 3.8) is 0 Å². The lowest BCUT2D eigenvalue weighted by Gasteiger charge is -2.16. The van der Waals surface area contributed by atoms with Crippen LogP contribution in [0.2, 0.25) is 0 Å². The van der Waals surface area contributed by atoms with Gasteiger partial charge in [-0.25, -0.2) is 0 Å². The van der Waals surface area contributed by atoms with Crippen molar-refractivity contribution in [1.82, 2.24) is 0 Å². The van der Waals surface area contributed by atoms with Gasteiger partial charge in [0.1, 0.15) is 11.9 Å². The molecule has 18 heavy (non-hydrogen) atoms. The van der Waals surface area contributed by atoms with Gasteiger partial charge in [-0.15, -0.1) is 0 Å². The number of hydrogen-bond donors (Lipinski definition) is 0. The molecule has 0 aliphatic rings. The lowest BCUT2D eigenvalue weighted by atomic mass is 10.1. The molecule has 0 fully saturated rings. The topological polar surface area (TPSA) is 33.0 Å². The molecule has 1 unspecified atom stereocenters. The first-order chi connectivity index (χ1) is 8.70. The van der Waals surface area contributed by atoms with Gasteiger partial charge in [0.25, 0.3) is 0 Å². The summed E-state index contributed by atoms with van der Waals surface area (Å²) in [4.78, 5) is 0. The number of nitriles is 1. The second-order valence-electron chi connectivity index (χ2n) is 4.26. The van der Waals surface area contributed by atoms with Gasteiger partial charge in [0, 0.05) is 0 Å². The number of ether oxygens (including phenoxy) is 1. The van der Waals surface area contributed by atoms with Crippen LogP contribution in [0, 0.1) is 18.3 Å². The highest BCUT2D eigenvalue weighted by molar-refractivity contribution is 5.41. The van der Waals surface area contributed by atoms with Crippen molar-refractivity contribution >= 4 is 0 Å². The molecule has 2 rings (SSSR count). The minimum atomic E-state index is -0.00200. The predicted octanol–water partition coefficient (Wildman–Crippen LogP) is 4.01. The van der Waals surface area contributed by atoms with E-state index in [9.17, 15) is 0 Å². The minimum Gasteiger partial charge on any atom is -0.486 e. The van der Waals surface area contributed by atoms with Crippen LogP contribution in [0.25, 0.3) is 0 Å². The SMILES string of the molecule is Cc1cc(C#N)ccc1OC(C)c1ccccc1. The van der Waals surface area contributed by atoms with E-state index in [0.717, 1.165) is 16.9 Å². The van der Waals surface area contributed by atoms with Crippen LogP contribution in [-0.2, 0) is 0 Å². The van der Waals surface area contributed by atoms with Crippen molar-refractivity contribution < 1.29 is 4.74 Å². The molecule has 2 nitrogen and oxygen atoms in total. The quantitative estimate of drug-likeness (QED) is 0.808. The summed E-state index contributed by atoms with van der Waals surface area (Å²) < 4.78 is 5.92. The largest absolute Gasteiger partial charge is 0.486 e. The molecule has 0 aliphatic heterocycles. The number of hydrogen-bond acceptors (Lipinski definition) is 2. The van der Waals surface area contributed by atoms with Crippen LogP contribution < -0.4 is 4.74 Å². The highest BCUT2D eigenvalue weighted by Crippen LogP contribution is 2.25. The van der Waals surface area contributed by atoms with E-state index < -0.39 is 0 Å². The third-order valence-corrected chi connectivity index (χ3v) is 2.88. The Morgan fingerprint density at radius 3 is 2.44 bits per heavy atom. The Hall–Kier alpha value is -2.27. The molecule has 0 bridgehead atoms. The number of benzene rings is 2. The summed E-state index contributed by atoms with van der Waals surface area (Å²) in [6.45, 7) is 3.97. The van der Waals surface area contributed by atoms with Gasteiger partial charge in [-0.3, -0.25) is 0 Å². The first-order valence-electron chi connectivity index (χ1n) is 5.93. The smallest absolute Gasteiger partial charge is 0.123 e. The summed E-state index contributed by atoms with van der Waals surface area (Å²) in [5.74, 6) is 0.824. The second kappa shape index (κ2) is 5.37. The molecule has 0 aliphatic carbocycles. The third-order valence-electron chi connectivity index (χ3n) is 2.88. The maximum absolute atomic E-state index is 8.82. The van der Waals surface area contributed by atoms with Crippen molar-refractivity contribution in [2.45, 2.75) is 20.0 Å². The fourth-order valence-electron chi connectivity index (χ4n) is 1.83. The molecule has 0 saturated carbocycles. The van der Waals surface area contributed by atoms with Gasteiger partial charge in [-0.2, -0.15) is 5.26 Å². The summed E-state index contributed by atoms with van der Waals surface area (Å²) in [5.41, 5.74) is 2.78. The lowest BCUT2D eigenvalue weighted by molar-refractivity contribution is 0.225. The normalized spacial score (nSPS) is 11.6. The van der Waals surface area contributed by atoms with E-state index in [2.05, 4.69) is 6.07 Å². The average molecular weight is 237 g/mol. The summed E-state index contributed by atoms with van der Waals surface area (Å²) in [6, 6.07) is 17.7. The highest BCUT2D eigenvalue weighted by Gasteiger charge is 2.08. The zero-order valence-corrected chi connectivity index (χ0v) is 10.6. The molecule has 0 saturated heterocycles. The standard InChI is InChI=1S/C16H15NO/c1-12-10-14(11-17)8-9-16(12)18-13(2)15-6-4-3-5-7-15/h3-10,13H,1-2H3. The van der Waals surface area contributed by atoms with Crippen LogP contribution in [0.3, 0.4) is 0 Å². The Bertz CT molecular complexity index is 569. The zero-order chi connectivity index (χ0) is 13.0. The van der Waals surface area contributed by atoms with Crippen LogP contribution >= 0.6 is 0 Å². The molecule has 2 aromatic rings. The average Bonchev–Trinajstić information content (AvgIpc) is 2.42. The van der Waals surface area contributed by atoms with E-state index in [4.69, 9.17) is 10.00 Å². The number of rotatable bonds is 3. The molecule has 1 atom stereocenters. The van der Waals surface area contributed by atoms with Crippen LogP contribution in [0.4, 0.5) is 0 Å². The molecule has 2 aromatic carbocycles. The Balaban J connectivity index is 2.18. The highest BCUT2D eigenvalue weighted by atomic mass is 16.5. The lowest BCUT2D eigenvalue weighted by Crippen LogP contribution is -2.03. The number of nitrogens with zero attached hydrogens (tertiary/aromatic N) is 1. The molecule has 0 heterocycles. The Kier molecular flexibility index (Phi) is 3.64. The predicted molar refractivity (Wildman–Crippen MR) is 71.4 cm³/mol. The molecular weight excluding hydrogens is 222 g/mol. The van der Waals surface area contributed by atoms with E-state index in [1.807, 2.05) is 56.3 Å². The molecule has 0 N–H and O–H groups in total. The molecular formula is C16H15NO. The monoisotopic (exact) mass is 237 g/mol. The van der Waals surface area contributed by atoms with E-state index in [-0.39, 0.29) is 6.10 Å². The summed E-state index contributed by atoms with van der Waals surface area (Å²) >= 11 is 0. The fraction of sp³-hybridized carbons (Fsp3) is 0.188. The van der Waals surface area contributed by atoms with Crippen LogP contribution in [-0.4, -0.2) is 0 Å². The van der Waals surface area contributed by atoms with Crippen LogP contribution in [0.5, 0.6) is 5.75 Å². The van der Waals surface area contributed by atoms with Crippen LogP contribution in [0.15, 0.2) is 48.5 Å². The molecule has 0 aromatic heterocycles. The van der Waals surface area contributed by atoms with Crippen molar-refractivity contribution in [3.05, 3.63) is 65.2 Å². The maximum Gasteiger partial charge on any atom is 0.123 e. The van der Waals surface area contributed by atoms with Gasteiger partial charge in [-0.1, -0.05) is 30.3 Å². The maximum atomic E-state index is 8.82. The van der Waals surface area contributed by atoms with Crippen molar-refractivity contribution in [3.8, 4) is 11.8 Å². The van der Waals surface area contributed by atoms with Gasteiger partial charge >= 0.3 is 0 Å². The Morgan fingerprint density at radius 2 is 1.83 bits per heavy atom. The minimum absolute atomic E-state index is 0.00200. The summed E-state index contributed by atoms with van der Waals surface area (Å²) in [7, 11) is 0. The van der Waals surface area contributed by atoms with Crippen molar-refractivity contribution in [1.29, 1.82) is 5.26 Å². The molecule has 0 amide bonds. The van der Waals surface area contributed by atoms with Crippen molar-refractivity contribution in [2.75, 3.05) is 0 Å². The second-order valence-corrected chi connectivity index (χ2v) is 4.26. The van der Waals surface area contributed by atoms with Gasteiger partial charge in [0.15, 0.2) is 0 Å². The van der Waals surface area contributed by atoms with Crippen molar-refractivity contribution in [2.24, 2.45) is 0 Å². The first kappa shape index (κ1) is 12.2. The third kappa shape index (κ3) is 2.70.